The van der Waals surface area contributed by atoms with Gasteiger partial charge in [-0.15, -0.1) is 11.3 Å². The number of anilines is 1. The summed E-state index contributed by atoms with van der Waals surface area (Å²) >= 11 is 1.80. The maximum Gasteiger partial charge on any atom is 0.221 e. The Morgan fingerprint density at radius 2 is 1.88 bits per heavy atom. The molecular weight excluding hydrogens is 344 g/mol. The van der Waals surface area contributed by atoms with Crippen LogP contribution in [0.25, 0.3) is 0 Å². The number of thiophene rings is 1. The summed E-state index contributed by atoms with van der Waals surface area (Å²) in [6.45, 7) is 5.23. The molecule has 1 amide bonds. The zero-order chi connectivity index (χ0) is 17.9. The first kappa shape index (κ1) is 17.7. The van der Waals surface area contributed by atoms with Crippen LogP contribution in [0.4, 0.5) is 5.00 Å². The molecule has 4 nitrogen and oxygen atoms in total. The fraction of sp³-hybridized carbons (Fsp3) is 0.476. The number of ether oxygens (including phenoxy) is 1. The summed E-state index contributed by atoms with van der Waals surface area (Å²) < 4.78 is 5.62. The number of carbonyl (C=O) groups is 1. The summed E-state index contributed by atoms with van der Waals surface area (Å²) in [7, 11) is 0. The molecule has 26 heavy (non-hydrogen) atoms. The third-order valence-electron chi connectivity index (χ3n) is 5.47. The van der Waals surface area contributed by atoms with Gasteiger partial charge >= 0.3 is 0 Å². The molecule has 5 heteroatoms. The van der Waals surface area contributed by atoms with Crippen LogP contribution in [0.1, 0.15) is 47.4 Å². The lowest BCUT2D eigenvalue weighted by Gasteiger charge is -2.33. The van der Waals surface area contributed by atoms with E-state index in [1.165, 1.54) is 34.4 Å². The zero-order valence-electron chi connectivity index (χ0n) is 15.3. The second-order valence-electron chi connectivity index (χ2n) is 7.25. The molecule has 0 bridgehead atoms. The number of hydrogen-bond donors (Lipinski definition) is 2. The number of morpholine rings is 1. The smallest absolute Gasteiger partial charge is 0.221 e. The van der Waals surface area contributed by atoms with E-state index in [-0.39, 0.29) is 11.9 Å². The number of nitrogens with one attached hydrogen (secondary N) is 2. The summed E-state index contributed by atoms with van der Waals surface area (Å²) in [6, 6.07) is 11.1. The van der Waals surface area contributed by atoms with Crippen LogP contribution in [-0.2, 0) is 22.4 Å². The Balaban J connectivity index is 1.84. The molecule has 1 saturated heterocycles. The van der Waals surface area contributed by atoms with Crippen LogP contribution in [-0.4, -0.2) is 32.2 Å². The van der Waals surface area contributed by atoms with Crippen molar-refractivity contribution in [2.45, 2.75) is 38.6 Å². The SMILES string of the molecule is CC(=O)Nc1sc2c(c1[C@H](c1ccccc1)[NH+]1CCOCC1)CCCC2. The maximum absolute atomic E-state index is 11.9. The number of rotatable bonds is 4. The van der Waals surface area contributed by atoms with Crippen LogP contribution in [0.15, 0.2) is 30.3 Å². The van der Waals surface area contributed by atoms with Gasteiger partial charge in [-0.3, -0.25) is 4.79 Å². The van der Waals surface area contributed by atoms with E-state index in [1.807, 2.05) is 0 Å². The molecule has 1 fully saturated rings. The van der Waals surface area contributed by atoms with E-state index in [2.05, 4.69) is 35.6 Å². The van der Waals surface area contributed by atoms with Crippen LogP contribution < -0.4 is 10.2 Å². The van der Waals surface area contributed by atoms with Crippen LogP contribution in [0, 0.1) is 0 Å². The van der Waals surface area contributed by atoms with E-state index >= 15 is 0 Å². The lowest BCUT2D eigenvalue weighted by Crippen LogP contribution is -3.14. The number of benzene rings is 1. The van der Waals surface area contributed by atoms with Crippen molar-refractivity contribution < 1.29 is 14.4 Å². The Morgan fingerprint density at radius 1 is 1.15 bits per heavy atom. The van der Waals surface area contributed by atoms with Crippen molar-refractivity contribution in [1.82, 2.24) is 0 Å². The molecular formula is C21H27N2O2S+. The van der Waals surface area contributed by atoms with Crippen LogP contribution in [0.3, 0.4) is 0 Å². The highest BCUT2D eigenvalue weighted by Gasteiger charge is 2.35. The average Bonchev–Trinajstić information content (AvgIpc) is 3.01. The number of fused-ring (bicyclic) bond motifs is 1. The van der Waals surface area contributed by atoms with Crippen molar-refractivity contribution in [1.29, 1.82) is 0 Å². The normalized spacial score (nSPS) is 19.0. The van der Waals surface area contributed by atoms with Crippen LogP contribution in [0.2, 0.25) is 0 Å². The average molecular weight is 372 g/mol. The van der Waals surface area contributed by atoms with Crippen molar-refractivity contribution in [2.24, 2.45) is 0 Å². The fourth-order valence-electron chi connectivity index (χ4n) is 4.32. The van der Waals surface area contributed by atoms with Crippen LogP contribution >= 0.6 is 11.3 Å². The largest absolute Gasteiger partial charge is 0.370 e. The van der Waals surface area contributed by atoms with Crippen molar-refractivity contribution in [3.05, 3.63) is 51.9 Å². The second-order valence-corrected chi connectivity index (χ2v) is 8.35. The number of aryl methyl sites for hydroxylation is 1. The van der Waals surface area contributed by atoms with Gasteiger partial charge in [0.05, 0.1) is 18.8 Å². The Bertz CT molecular complexity index is 766. The Kier molecular flexibility index (Phi) is 5.38. The number of quaternary nitrogens is 1. The molecule has 0 radical (unpaired) electrons. The molecule has 1 aromatic heterocycles. The predicted octanol–water partition coefficient (Wildman–Crippen LogP) is 2.59. The topological polar surface area (TPSA) is 42.8 Å². The summed E-state index contributed by atoms with van der Waals surface area (Å²) in [5.41, 5.74) is 4.20. The fourth-order valence-corrected chi connectivity index (χ4v) is 5.70. The van der Waals surface area contributed by atoms with Crippen LogP contribution in [0.5, 0.6) is 0 Å². The zero-order valence-corrected chi connectivity index (χ0v) is 16.2. The minimum atomic E-state index is 0.0219. The molecule has 1 atom stereocenters. The van der Waals surface area contributed by atoms with Gasteiger partial charge in [0.1, 0.15) is 24.1 Å². The van der Waals surface area contributed by atoms with Gasteiger partial charge in [0.15, 0.2) is 0 Å². The van der Waals surface area contributed by atoms with Gasteiger partial charge in [-0.05, 0) is 31.2 Å². The van der Waals surface area contributed by atoms with E-state index in [0.29, 0.717) is 0 Å². The van der Waals surface area contributed by atoms with Gasteiger partial charge in [-0.25, -0.2) is 0 Å². The molecule has 4 rings (SSSR count). The monoisotopic (exact) mass is 371 g/mol. The third-order valence-corrected chi connectivity index (χ3v) is 6.69. The number of amides is 1. The third kappa shape index (κ3) is 3.56. The van der Waals surface area contributed by atoms with E-state index in [4.69, 9.17) is 4.74 Å². The Hall–Kier alpha value is -1.69. The molecule has 2 aliphatic rings. The lowest BCUT2D eigenvalue weighted by molar-refractivity contribution is -0.933. The van der Waals surface area contributed by atoms with Crippen molar-refractivity contribution in [3.63, 3.8) is 0 Å². The van der Waals surface area contributed by atoms with Gasteiger partial charge in [0.25, 0.3) is 0 Å². The first-order valence-electron chi connectivity index (χ1n) is 9.63. The van der Waals surface area contributed by atoms with Crippen molar-refractivity contribution in [2.75, 3.05) is 31.6 Å². The first-order chi connectivity index (χ1) is 12.7. The highest BCUT2D eigenvalue weighted by Crippen LogP contribution is 2.42. The quantitative estimate of drug-likeness (QED) is 0.868. The Morgan fingerprint density at radius 3 is 2.62 bits per heavy atom. The van der Waals surface area contributed by atoms with Gasteiger partial charge < -0.3 is 15.0 Å². The van der Waals surface area contributed by atoms with E-state index < -0.39 is 0 Å². The minimum absolute atomic E-state index is 0.0219. The molecule has 2 N–H and O–H groups in total. The van der Waals surface area contributed by atoms with Gasteiger partial charge in [0.2, 0.25) is 5.91 Å². The van der Waals surface area contributed by atoms with Gasteiger partial charge in [-0.1, -0.05) is 30.3 Å². The van der Waals surface area contributed by atoms with Gasteiger partial charge in [-0.2, -0.15) is 0 Å². The molecule has 1 aliphatic carbocycles. The molecule has 1 aliphatic heterocycles. The minimum Gasteiger partial charge on any atom is -0.370 e. The summed E-state index contributed by atoms with van der Waals surface area (Å²) in [6.07, 6.45) is 4.78. The molecule has 138 valence electrons. The van der Waals surface area contributed by atoms with E-state index in [9.17, 15) is 4.79 Å². The maximum atomic E-state index is 11.9. The molecule has 0 unspecified atom stereocenters. The molecule has 2 aromatic rings. The van der Waals surface area contributed by atoms with Gasteiger partial charge in [0, 0.05) is 17.4 Å². The Labute approximate surface area is 159 Å². The highest BCUT2D eigenvalue weighted by atomic mass is 32.1. The standard InChI is InChI=1S/C21H26N2O2S/c1-15(24)22-21-19(17-9-5-6-10-18(17)26-21)20(16-7-3-2-4-8-16)23-11-13-25-14-12-23/h2-4,7-8,20H,5-6,9-14H2,1H3,(H,22,24)/p+1/t20-/m0/s1. The summed E-state index contributed by atoms with van der Waals surface area (Å²) in [5, 5.41) is 4.22. The van der Waals surface area contributed by atoms with E-state index in [1.54, 1.807) is 23.2 Å². The second kappa shape index (κ2) is 7.91. The predicted molar refractivity (Wildman–Crippen MR) is 105 cm³/mol. The van der Waals surface area contributed by atoms with Crippen molar-refractivity contribution in [3.8, 4) is 0 Å². The first-order valence-corrected chi connectivity index (χ1v) is 10.4. The molecule has 2 heterocycles. The summed E-state index contributed by atoms with van der Waals surface area (Å²) in [4.78, 5) is 14.9. The van der Waals surface area contributed by atoms with Crippen molar-refractivity contribution >= 4 is 22.2 Å². The number of carbonyl (C=O) groups excluding carboxylic acids is 1. The molecule has 1 aromatic carbocycles. The highest BCUT2D eigenvalue weighted by molar-refractivity contribution is 7.16. The molecule has 0 spiro atoms. The van der Waals surface area contributed by atoms with E-state index in [0.717, 1.165) is 44.1 Å². The summed E-state index contributed by atoms with van der Waals surface area (Å²) in [5.74, 6) is 0.0219. The molecule has 0 saturated carbocycles. The lowest BCUT2D eigenvalue weighted by atomic mass is 9.88. The number of hydrogen-bond acceptors (Lipinski definition) is 3.